The Labute approximate surface area is 152 Å². The molecule has 25 heavy (non-hydrogen) atoms. The number of piperidine rings is 1. The molecule has 4 heteroatoms. The van der Waals surface area contributed by atoms with Gasteiger partial charge in [0.1, 0.15) is 0 Å². The molecule has 138 valence electrons. The van der Waals surface area contributed by atoms with Crippen molar-refractivity contribution in [2.24, 2.45) is 5.92 Å². The first-order valence-electron chi connectivity index (χ1n) is 9.96. The average Bonchev–Trinajstić information content (AvgIpc) is 3.06. The van der Waals surface area contributed by atoms with Gasteiger partial charge in [-0.2, -0.15) is 0 Å². The number of fused-ring (bicyclic) bond motifs is 1. The van der Waals surface area contributed by atoms with E-state index in [0.717, 1.165) is 37.7 Å². The number of benzene rings is 1. The monoisotopic (exact) mass is 343 g/mol. The Morgan fingerprint density at radius 1 is 1.20 bits per heavy atom. The number of para-hydroxylation sites is 1. The molecule has 1 amide bonds. The molecule has 0 N–H and O–H groups in total. The number of hydrogen-bond donors (Lipinski definition) is 0. The van der Waals surface area contributed by atoms with E-state index in [1.165, 1.54) is 44.3 Å². The summed E-state index contributed by atoms with van der Waals surface area (Å²) in [7, 11) is 2.25. The molecular weight excluding hydrogens is 310 g/mol. The highest BCUT2D eigenvalue weighted by Crippen LogP contribution is 2.28. The van der Waals surface area contributed by atoms with Crippen LogP contribution in [-0.2, 0) is 11.2 Å². The van der Waals surface area contributed by atoms with Crippen molar-refractivity contribution >= 4 is 11.6 Å². The van der Waals surface area contributed by atoms with Crippen LogP contribution in [0.2, 0.25) is 0 Å². The summed E-state index contributed by atoms with van der Waals surface area (Å²) in [5.41, 5.74) is 2.43. The van der Waals surface area contributed by atoms with Gasteiger partial charge in [0.15, 0.2) is 0 Å². The summed E-state index contributed by atoms with van der Waals surface area (Å²) < 4.78 is 0. The molecule has 1 saturated heterocycles. The van der Waals surface area contributed by atoms with Gasteiger partial charge in [-0.05, 0) is 69.9 Å². The van der Waals surface area contributed by atoms with Crippen molar-refractivity contribution in [1.82, 2.24) is 9.80 Å². The zero-order valence-corrected chi connectivity index (χ0v) is 15.9. The minimum Gasteiger partial charge on any atom is -0.311 e. The number of rotatable bonds is 7. The van der Waals surface area contributed by atoms with Crippen molar-refractivity contribution in [3.63, 3.8) is 0 Å². The van der Waals surface area contributed by atoms with Crippen LogP contribution in [-0.4, -0.2) is 62.0 Å². The van der Waals surface area contributed by atoms with E-state index in [2.05, 4.69) is 42.0 Å². The second kappa shape index (κ2) is 8.81. The highest BCUT2D eigenvalue weighted by molar-refractivity contribution is 5.96. The third kappa shape index (κ3) is 4.83. The van der Waals surface area contributed by atoms with E-state index in [9.17, 15) is 4.79 Å². The van der Waals surface area contributed by atoms with Crippen LogP contribution in [0, 0.1) is 5.92 Å². The Morgan fingerprint density at radius 3 is 2.72 bits per heavy atom. The first-order valence-corrected chi connectivity index (χ1v) is 9.96. The van der Waals surface area contributed by atoms with E-state index in [1.54, 1.807) is 0 Å². The second-order valence-electron chi connectivity index (χ2n) is 7.76. The highest BCUT2D eigenvalue weighted by atomic mass is 16.2. The lowest BCUT2D eigenvalue weighted by atomic mass is 9.96. The highest BCUT2D eigenvalue weighted by Gasteiger charge is 2.27. The average molecular weight is 344 g/mol. The smallest absolute Gasteiger partial charge is 0.241 e. The predicted octanol–water partition coefficient (Wildman–Crippen LogP) is 3.02. The minimum absolute atomic E-state index is 0.267. The number of amides is 1. The number of carbonyl (C=O) groups excluding carboxylic acids is 1. The normalized spacial score (nSPS) is 18.8. The van der Waals surface area contributed by atoms with Crippen molar-refractivity contribution in [3.05, 3.63) is 29.8 Å². The lowest BCUT2D eigenvalue weighted by molar-refractivity contribution is -0.120. The summed E-state index contributed by atoms with van der Waals surface area (Å²) in [6, 6.07) is 8.32. The van der Waals surface area contributed by atoms with Crippen molar-refractivity contribution in [2.45, 2.75) is 39.0 Å². The van der Waals surface area contributed by atoms with Gasteiger partial charge in [-0.1, -0.05) is 31.5 Å². The Hall–Kier alpha value is -1.39. The van der Waals surface area contributed by atoms with Crippen LogP contribution in [0.25, 0.3) is 0 Å². The van der Waals surface area contributed by atoms with E-state index >= 15 is 0 Å². The summed E-state index contributed by atoms with van der Waals surface area (Å²) in [4.78, 5) is 19.6. The first kappa shape index (κ1) is 18.4. The van der Waals surface area contributed by atoms with E-state index in [4.69, 9.17) is 0 Å². The minimum atomic E-state index is 0.267. The largest absolute Gasteiger partial charge is 0.311 e. The summed E-state index contributed by atoms with van der Waals surface area (Å²) in [6.07, 6.45) is 6.00. The molecule has 1 aromatic rings. The third-order valence-electron chi connectivity index (χ3n) is 5.72. The summed E-state index contributed by atoms with van der Waals surface area (Å²) in [6.45, 7) is 8.22. The second-order valence-corrected chi connectivity index (χ2v) is 7.76. The fourth-order valence-electron chi connectivity index (χ4n) is 4.16. The van der Waals surface area contributed by atoms with E-state index in [1.807, 2.05) is 11.0 Å². The fourth-order valence-corrected chi connectivity index (χ4v) is 4.16. The summed E-state index contributed by atoms with van der Waals surface area (Å²) in [5, 5.41) is 0. The predicted molar refractivity (Wildman–Crippen MR) is 104 cm³/mol. The van der Waals surface area contributed by atoms with Crippen molar-refractivity contribution in [1.29, 1.82) is 0 Å². The van der Waals surface area contributed by atoms with Gasteiger partial charge in [-0.15, -0.1) is 0 Å². The fraction of sp³-hybridized carbons (Fsp3) is 0.667. The van der Waals surface area contributed by atoms with Gasteiger partial charge in [-0.3, -0.25) is 9.69 Å². The molecule has 0 aliphatic carbocycles. The maximum Gasteiger partial charge on any atom is 0.241 e. The van der Waals surface area contributed by atoms with Crippen LogP contribution < -0.4 is 4.90 Å². The van der Waals surface area contributed by atoms with Gasteiger partial charge >= 0.3 is 0 Å². The lowest BCUT2D eigenvalue weighted by Gasteiger charge is -2.34. The van der Waals surface area contributed by atoms with Gasteiger partial charge in [0, 0.05) is 18.8 Å². The molecule has 0 saturated carbocycles. The lowest BCUT2D eigenvalue weighted by Crippen LogP contribution is -2.44. The molecular formula is C21H33N3O. The van der Waals surface area contributed by atoms with Crippen LogP contribution in [0.15, 0.2) is 24.3 Å². The van der Waals surface area contributed by atoms with E-state index in [-0.39, 0.29) is 5.91 Å². The van der Waals surface area contributed by atoms with Gasteiger partial charge in [-0.25, -0.2) is 0 Å². The molecule has 0 atom stereocenters. The van der Waals surface area contributed by atoms with E-state index in [0.29, 0.717) is 6.54 Å². The van der Waals surface area contributed by atoms with Gasteiger partial charge in [0.2, 0.25) is 5.91 Å². The topological polar surface area (TPSA) is 26.8 Å². The van der Waals surface area contributed by atoms with Crippen molar-refractivity contribution in [3.8, 4) is 0 Å². The summed E-state index contributed by atoms with van der Waals surface area (Å²) in [5.74, 6) is 1.06. The zero-order chi connectivity index (χ0) is 17.6. The molecule has 0 spiro atoms. The van der Waals surface area contributed by atoms with Crippen LogP contribution in [0.4, 0.5) is 5.69 Å². The van der Waals surface area contributed by atoms with Crippen LogP contribution in [0.3, 0.4) is 0 Å². The van der Waals surface area contributed by atoms with Gasteiger partial charge in [0.25, 0.3) is 0 Å². The first-order chi connectivity index (χ1) is 12.2. The molecule has 1 fully saturated rings. The number of carbonyl (C=O) groups is 1. The maximum atomic E-state index is 12.7. The number of nitrogens with zero attached hydrogens (tertiary/aromatic N) is 3. The molecule has 0 unspecified atom stereocenters. The molecule has 0 radical (unpaired) electrons. The molecule has 2 aliphatic heterocycles. The summed E-state index contributed by atoms with van der Waals surface area (Å²) >= 11 is 0. The number of likely N-dealkylation sites (tertiary alicyclic amines) is 1. The Kier molecular flexibility index (Phi) is 6.49. The van der Waals surface area contributed by atoms with Crippen LogP contribution >= 0.6 is 0 Å². The molecule has 0 aromatic heterocycles. The Morgan fingerprint density at radius 2 is 1.96 bits per heavy atom. The van der Waals surface area contributed by atoms with Crippen molar-refractivity contribution in [2.75, 3.05) is 51.2 Å². The maximum absolute atomic E-state index is 12.7. The van der Waals surface area contributed by atoms with Gasteiger partial charge in [0.05, 0.1) is 6.54 Å². The standard InChI is InChI=1S/C21H33N3O/c1-3-4-12-22(2)16-18-9-13-23(14-10-18)17-21(25)24-15-11-19-7-5-6-8-20(19)24/h5-8,18H,3-4,9-17H2,1-2H3. The molecule has 2 heterocycles. The zero-order valence-electron chi connectivity index (χ0n) is 15.9. The quantitative estimate of drug-likeness (QED) is 0.761. The Bertz CT molecular complexity index is 566. The van der Waals surface area contributed by atoms with Crippen molar-refractivity contribution < 1.29 is 4.79 Å². The Balaban J connectivity index is 1.43. The number of anilines is 1. The third-order valence-corrected chi connectivity index (χ3v) is 5.72. The van der Waals surface area contributed by atoms with Crippen LogP contribution in [0.5, 0.6) is 0 Å². The number of hydrogen-bond acceptors (Lipinski definition) is 3. The molecule has 3 rings (SSSR count). The molecule has 0 bridgehead atoms. The van der Waals surface area contributed by atoms with E-state index < -0.39 is 0 Å². The molecule has 2 aliphatic rings. The van der Waals surface area contributed by atoms with Crippen LogP contribution in [0.1, 0.15) is 38.2 Å². The number of unbranched alkanes of at least 4 members (excludes halogenated alkanes) is 1. The SMILES string of the molecule is CCCCN(C)CC1CCN(CC(=O)N2CCc3ccccc32)CC1. The van der Waals surface area contributed by atoms with Gasteiger partial charge < -0.3 is 9.80 Å². The molecule has 4 nitrogen and oxygen atoms in total. The molecule has 1 aromatic carbocycles.